The predicted molar refractivity (Wildman–Crippen MR) is 59.4 cm³/mol. The van der Waals surface area contributed by atoms with Crippen molar-refractivity contribution in [3.8, 4) is 0 Å². The van der Waals surface area contributed by atoms with Crippen LogP contribution in [0.15, 0.2) is 18.2 Å². The van der Waals surface area contributed by atoms with Crippen molar-refractivity contribution >= 4 is 18.3 Å². The Hall–Kier alpha value is -1.20. The van der Waals surface area contributed by atoms with E-state index in [1.165, 1.54) is 18.2 Å². The van der Waals surface area contributed by atoms with Gasteiger partial charge in [-0.2, -0.15) is 0 Å². The topological polar surface area (TPSA) is 55.1 Å². The van der Waals surface area contributed by atoms with Gasteiger partial charge in [0.2, 0.25) is 5.91 Å². The second kappa shape index (κ2) is 7.14. The second-order valence-corrected chi connectivity index (χ2v) is 3.00. The summed E-state index contributed by atoms with van der Waals surface area (Å²) in [5, 5.41) is 2.44. The van der Waals surface area contributed by atoms with Gasteiger partial charge in [0, 0.05) is 12.1 Å². The molecule has 90 valence electrons. The molecule has 0 saturated heterocycles. The molecule has 0 atom stereocenters. The number of nitrogens with one attached hydrogen (secondary N) is 1. The van der Waals surface area contributed by atoms with Crippen LogP contribution >= 0.6 is 12.4 Å². The van der Waals surface area contributed by atoms with Crippen LogP contribution in [0.3, 0.4) is 0 Å². The SMILES string of the molecule is Cl.NCC(=O)NCCc1c(F)cccc1F. The van der Waals surface area contributed by atoms with Gasteiger partial charge >= 0.3 is 0 Å². The Kier molecular flexibility index (Phi) is 6.60. The minimum Gasteiger partial charge on any atom is -0.355 e. The maximum absolute atomic E-state index is 13.1. The molecule has 1 amide bonds. The van der Waals surface area contributed by atoms with Crippen molar-refractivity contribution in [2.24, 2.45) is 5.73 Å². The van der Waals surface area contributed by atoms with Crippen LogP contribution in [0, 0.1) is 11.6 Å². The van der Waals surface area contributed by atoms with Gasteiger partial charge in [0.05, 0.1) is 6.54 Å². The molecule has 3 N–H and O–H groups in total. The molecule has 0 aliphatic heterocycles. The lowest BCUT2D eigenvalue weighted by Crippen LogP contribution is -2.32. The van der Waals surface area contributed by atoms with Gasteiger partial charge in [0.15, 0.2) is 0 Å². The summed E-state index contributed by atoms with van der Waals surface area (Å²) in [5.74, 6) is -1.54. The van der Waals surface area contributed by atoms with Gasteiger partial charge in [-0.3, -0.25) is 4.79 Å². The monoisotopic (exact) mass is 250 g/mol. The number of benzene rings is 1. The first-order valence-electron chi connectivity index (χ1n) is 4.55. The van der Waals surface area contributed by atoms with Crippen LogP contribution in [0.25, 0.3) is 0 Å². The highest BCUT2D eigenvalue weighted by Gasteiger charge is 2.07. The molecule has 0 saturated carbocycles. The van der Waals surface area contributed by atoms with Gasteiger partial charge in [-0.05, 0) is 18.6 Å². The molecule has 0 spiro atoms. The maximum atomic E-state index is 13.1. The molecular weight excluding hydrogens is 238 g/mol. The standard InChI is InChI=1S/C10H12F2N2O.ClH/c11-8-2-1-3-9(12)7(8)4-5-14-10(15)6-13;/h1-3H,4-6,13H2,(H,14,15);1H. The van der Waals surface area contributed by atoms with Gasteiger partial charge in [-0.1, -0.05) is 6.07 Å². The molecule has 0 aliphatic carbocycles. The zero-order valence-corrected chi connectivity index (χ0v) is 9.32. The van der Waals surface area contributed by atoms with E-state index >= 15 is 0 Å². The number of halogens is 3. The van der Waals surface area contributed by atoms with E-state index in [2.05, 4.69) is 5.32 Å². The second-order valence-electron chi connectivity index (χ2n) is 3.00. The summed E-state index contributed by atoms with van der Waals surface area (Å²) in [4.78, 5) is 10.7. The molecule has 3 nitrogen and oxygen atoms in total. The van der Waals surface area contributed by atoms with Crippen LogP contribution in [0.2, 0.25) is 0 Å². The Morgan fingerprint density at radius 2 is 1.88 bits per heavy atom. The zero-order valence-electron chi connectivity index (χ0n) is 8.50. The third-order valence-electron chi connectivity index (χ3n) is 1.94. The Balaban J connectivity index is 0.00000225. The smallest absolute Gasteiger partial charge is 0.233 e. The predicted octanol–water partition coefficient (Wildman–Crippen LogP) is 1.00. The number of hydrogen-bond donors (Lipinski definition) is 2. The average molecular weight is 251 g/mol. The van der Waals surface area contributed by atoms with Crippen LogP contribution in [0.5, 0.6) is 0 Å². The molecule has 0 unspecified atom stereocenters. The van der Waals surface area contributed by atoms with Crippen molar-refractivity contribution < 1.29 is 13.6 Å². The van der Waals surface area contributed by atoms with E-state index in [4.69, 9.17) is 5.73 Å². The van der Waals surface area contributed by atoms with E-state index in [9.17, 15) is 13.6 Å². The lowest BCUT2D eigenvalue weighted by Gasteiger charge is -2.05. The molecule has 0 aromatic heterocycles. The Labute approximate surface area is 98.4 Å². The number of nitrogens with two attached hydrogens (primary N) is 1. The van der Waals surface area contributed by atoms with Gasteiger partial charge in [0.1, 0.15) is 11.6 Å². The fourth-order valence-corrected chi connectivity index (χ4v) is 1.17. The highest BCUT2D eigenvalue weighted by Crippen LogP contribution is 2.11. The van der Waals surface area contributed by atoms with E-state index in [0.29, 0.717) is 0 Å². The molecule has 0 heterocycles. The van der Waals surface area contributed by atoms with Crippen molar-refractivity contribution in [1.29, 1.82) is 0 Å². The largest absolute Gasteiger partial charge is 0.355 e. The average Bonchev–Trinajstić information content (AvgIpc) is 2.22. The molecule has 0 aliphatic rings. The van der Waals surface area contributed by atoms with Crippen LogP contribution < -0.4 is 11.1 Å². The molecule has 0 fully saturated rings. The fraction of sp³-hybridized carbons (Fsp3) is 0.300. The molecule has 0 bridgehead atoms. The van der Waals surface area contributed by atoms with Crippen LogP contribution in [-0.2, 0) is 11.2 Å². The highest BCUT2D eigenvalue weighted by atomic mass is 35.5. The van der Waals surface area contributed by atoms with Gasteiger partial charge in [-0.15, -0.1) is 12.4 Å². The first-order valence-corrected chi connectivity index (χ1v) is 4.55. The number of carbonyl (C=O) groups is 1. The zero-order chi connectivity index (χ0) is 11.3. The van der Waals surface area contributed by atoms with E-state index < -0.39 is 11.6 Å². The molecular formula is C10H13ClF2N2O. The number of rotatable bonds is 4. The van der Waals surface area contributed by atoms with Gasteiger partial charge in [0.25, 0.3) is 0 Å². The summed E-state index contributed by atoms with van der Waals surface area (Å²) >= 11 is 0. The molecule has 16 heavy (non-hydrogen) atoms. The van der Waals surface area contributed by atoms with E-state index in [1.54, 1.807) is 0 Å². The van der Waals surface area contributed by atoms with Crippen molar-refractivity contribution in [2.75, 3.05) is 13.1 Å². The lowest BCUT2D eigenvalue weighted by molar-refractivity contribution is -0.119. The third-order valence-corrected chi connectivity index (χ3v) is 1.94. The normalized spacial score (nSPS) is 9.44. The number of amides is 1. The molecule has 6 heteroatoms. The number of carbonyl (C=O) groups excluding carboxylic acids is 1. The molecule has 1 rings (SSSR count). The van der Waals surface area contributed by atoms with Crippen LogP contribution in [0.1, 0.15) is 5.56 Å². The van der Waals surface area contributed by atoms with Gasteiger partial charge < -0.3 is 11.1 Å². The lowest BCUT2D eigenvalue weighted by atomic mass is 10.1. The fourth-order valence-electron chi connectivity index (χ4n) is 1.17. The quantitative estimate of drug-likeness (QED) is 0.838. The van der Waals surface area contributed by atoms with Crippen LogP contribution in [0.4, 0.5) is 8.78 Å². The van der Waals surface area contributed by atoms with E-state index in [1.807, 2.05) is 0 Å². The van der Waals surface area contributed by atoms with Gasteiger partial charge in [-0.25, -0.2) is 8.78 Å². The van der Waals surface area contributed by atoms with Crippen LogP contribution in [-0.4, -0.2) is 19.0 Å². The minimum atomic E-state index is -0.600. The third kappa shape index (κ3) is 4.12. The van der Waals surface area contributed by atoms with Crippen molar-refractivity contribution in [3.63, 3.8) is 0 Å². The number of hydrogen-bond acceptors (Lipinski definition) is 2. The Morgan fingerprint density at radius 3 is 2.38 bits per heavy atom. The molecule has 1 aromatic carbocycles. The highest BCUT2D eigenvalue weighted by molar-refractivity contribution is 5.85. The summed E-state index contributed by atoms with van der Waals surface area (Å²) < 4.78 is 26.2. The summed E-state index contributed by atoms with van der Waals surface area (Å²) in [6.45, 7) is 0.0492. The summed E-state index contributed by atoms with van der Waals surface area (Å²) in [5.41, 5.74) is 5.03. The summed E-state index contributed by atoms with van der Waals surface area (Å²) in [7, 11) is 0. The van der Waals surface area contributed by atoms with Crippen molar-refractivity contribution in [1.82, 2.24) is 5.32 Å². The first-order chi connectivity index (χ1) is 7.15. The van der Waals surface area contributed by atoms with E-state index in [0.717, 1.165) is 0 Å². The maximum Gasteiger partial charge on any atom is 0.233 e. The minimum absolute atomic E-state index is 0. The van der Waals surface area contributed by atoms with Crippen molar-refractivity contribution in [2.45, 2.75) is 6.42 Å². The van der Waals surface area contributed by atoms with E-state index in [-0.39, 0.29) is 43.4 Å². The molecule has 1 aromatic rings. The Morgan fingerprint density at radius 1 is 1.31 bits per heavy atom. The summed E-state index contributed by atoms with van der Waals surface area (Å²) in [6, 6.07) is 3.67. The summed E-state index contributed by atoms with van der Waals surface area (Å²) in [6.07, 6.45) is 0.115. The Bertz CT molecular complexity index is 340. The molecule has 0 radical (unpaired) electrons. The first kappa shape index (κ1) is 14.8. The van der Waals surface area contributed by atoms with Crippen molar-refractivity contribution in [3.05, 3.63) is 35.4 Å².